The molecule has 8 nitrogen and oxygen atoms in total. The molecule has 0 saturated heterocycles. The Morgan fingerprint density at radius 1 is 1.22 bits per heavy atom. The molecule has 0 fully saturated rings. The number of oxazole rings is 1. The molecular formula is C15H15N7O. The third-order valence-electron chi connectivity index (χ3n) is 3.67. The van der Waals surface area contributed by atoms with Gasteiger partial charge in [0.05, 0.1) is 5.39 Å². The summed E-state index contributed by atoms with van der Waals surface area (Å²) in [6.45, 7) is 2.84. The molecule has 116 valence electrons. The van der Waals surface area contributed by atoms with E-state index in [1.54, 1.807) is 0 Å². The average Bonchev–Trinajstić information content (AvgIpc) is 3.08. The fourth-order valence-electron chi connectivity index (χ4n) is 2.69. The lowest BCUT2D eigenvalue weighted by atomic mass is 10.1. The minimum absolute atomic E-state index is 0.140. The molecule has 4 N–H and O–H groups in total. The van der Waals surface area contributed by atoms with E-state index in [-0.39, 0.29) is 6.01 Å². The van der Waals surface area contributed by atoms with Crippen molar-refractivity contribution in [1.82, 2.24) is 24.7 Å². The van der Waals surface area contributed by atoms with Crippen LogP contribution in [-0.4, -0.2) is 24.7 Å². The van der Waals surface area contributed by atoms with Gasteiger partial charge in [-0.25, -0.2) is 14.6 Å². The molecule has 3 aromatic heterocycles. The van der Waals surface area contributed by atoms with Gasteiger partial charge in [0.25, 0.3) is 6.01 Å². The third kappa shape index (κ3) is 2.07. The van der Waals surface area contributed by atoms with E-state index in [1.807, 2.05) is 22.9 Å². The van der Waals surface area contributed by atoms with Crippen LogP contribution >= 0.6 is 0 Å². The first kappa shape index (κ1) is 13.5. The number of anilines is 2. The average molecular weight is 309 g/mol. The van der Waals surface area contributed by atoms with Gasteiger partial charge in [-0.05, 0) is 24.6 Å². The van der Waals surface area contributed by atoms with Crippen molar-refractivity contribution in [2.24, 2.45) is 0 Å². The summed E-state index contributed by atoms with van der Waals surface area (Å²) in [5.74, 6) is 0.409. The van der Waals surface area contributed by atoms with Gasteiger partial charge < -0.3 is 15.9 Å². The van der Waals surface area contributed by atoms with Gasteiger partial charge in [-0.2, -0.15) is 10.1 Å². The van der Waals surface area contributed by atoms with Gasteiger partial charge in [-0.3, -0.25) is 0 Å². The van der Waals surface area contributed by atoms with Crippen LogP contribution in [0.5, 0.6) is 0 Å². The number of nitrogens with two attached hydrogens (primary N) is 2. The van der Waals surface area contributed by atoms with Gasteiger partial charge >= 0.3 is 0 Å². The van der Waals surface area contributed by atoms with Gasteiger partial charge in [0.15, 0.2) is 11.2 Å². The number of benzene rings is 1. The molecule has 1 aromatic carbocycles. The van der Waals surface area contributed by atoms with Crippen LogP contribution < -0.4 is 11.5 Å². The van der Waals surface area contributed by atoms with E-state index < -0.39 is 0 Å². The van der Waals surface area contributed by atoms with Crippen LogP contribution in [0.2, 0.25) is 0 Å². The molecule has 0 saturated carbocycles. The molecule has 23 heavy (non-hydrogen) atoms. The Balaban J connectivity index is 1.99. The number of hydrogen-bond donors (Lipinski definition) is 2. The summed E-state index contributed by atoms with van der Waals surface area (Å²) in [5, 5.41) is 5.42. The standard InChI is InChI=1S/C15H15N7O/c1-2-5-22-14-11(13(16)18-7-19-14)12(21-22)8-3-4-10-9(6-8)20-15(17)23-10/h3-4,6-7H,2,5H2,1H3,(H2,17,20)(H2,16,18,19). The normalized spacial score (nSPS) is 11.5. The highest BCUT2D eigenvalue weighted by Gasteiger charge is 2.17. The zero-order valence-electron chi connectivity index (χ0n) is 12.5. The second kappa shape index (κ2) is 4.94. The summed E-state index contributed by atoms with van der Waals surface area (Å²) in [6, 6.07) is 5.73. The van der Waals surface area contributed by atoms with E-state index >= 15 is 0 Å². The van der Waals surface area contributed by atoms with E-state index in [2.05, 4.69) is 27.0 Å². The lowest BCUT2D eigenvalue weighted by molar-refractivity contribution is 0.618. The van der Waals surface area contributed by atoms with E-state index in [0.29, 0.717) is 16.9 Å². The van der Waals surface area contributed by atoms with Crippen LogP contribution in [0.1, 0.15) is 13.3 Å². The highest BCUT2D eigenvalue weighted by Crippen LogP contribution is 2.32. The number of aromatic nitrogens is 5. The van der Waals surface area contributed by atoms with E-state index in [0.717, 1.165) is 35.3 Å². The Bertz CT molecular complexity index is 1020. The third-order valence-corrected chi connectivity index (χ3v) is 3.67. The molecule has 0 amide bonds. The van der Waals surface area contributed by atoms with E-state index in [9.17, 15) is 0 Å². The largest absolute Gasteiger partial charge is 0.424 e. The Hall–Kier alpha value is -3.16. The molecule has 0 bridgehead atoms. The molecule has 0 unspecified atom stereocenters. The van der Waals surface area contributed by atoms with Crippen LogP contribution in [-0.2, 0) is 6.54 Å². The number of rotatable bonds is 3. The van der Waals surface area contributed by atoms with Crippen LogP contribution in [0.3, 0.4) is 0 Å². The summed E-state index contributed by atoms with van der Waals surface area (Å²) >= 11 is 0. The molecule has 3 heterocycles. The summed E-state index contributed by atoms with van der Waals surface area (Å²) in [6.07, 6.45) is 2.40. The first-order valence-corrected chi connectivity index (χ1v) is 7.31. The molecule has 4 aromatic rings. The van der Waals surface area contributed by atoms with Crippen molar-refractivity contribution in [3.8, 4) is 11.3 Å². The zero-order chi connectivity index (χ0) is 16.0. The van der Waals surface area contributed by atoms with Gasteiger partial charge in [0.2, 0.25) is 0 Å². The summed E-state index contributed by atoms with van der Waals surface area (Å²) in [5.41, 5.74) is 15.3. The summed E-state index contributed by atoms with van der Waals surface area (Å²) in [7, 11) is 0. The molecular weight excluding hydrogens is 294 g/mol. The molecule has 0 aliphatic carbocycles. The van der Waals surface area contributed by atoms with Gasteiger partial charge in [0, 0.05) is 12.1 Å². The molecule has 0 aliphatic rings. The Kier molecular flexibility index (Phi) is 2.90. The monoisotopic (exact) mass is 309 g/mol. The predicted octanol–water partition coefficient (Wildman–Crippen LogP) is 2.21. The Morgan fingerprint density at radius 3 is 2.91 bits per heavy atom. The Labute approximate surface area is 131 Å². The van der Waals surface area contributed by atoms with Gasteiger partial charge in [-0.15, -0.1) is 0 Å². The second-order valence-corrected chi connectivity index (χ2v) is 5.26. The lowest BCUT2D eigenvalue weighted by Crippen LogP contribution is -2.00. The van der Waals surface area contributed by atoms with E-state index in [1.165, 1.54) is 6.33 Å². The summed E-state index contributed by atoms with van der Waals surface area (Å²) < 4.78 is 7.16. The van der Waals surface area contributed by atoms with Gasteiger partial charge in [-0.1, -0.05) is 6.92 Å². The highest BCUT2D eigenvalue weighted by molar-refractivity contribution is 5.99. The van der Waals surface area contributed by atoms with Crippen molar-refractivity contribution in [2.45, 2.75) is 19.9 Å². The van der Waals surface area contributed by atoms with Crippen molar-refractivity contribution >= 4 is 34.0 Å². The van der Waals surface area contributed by atoms with Gasteiger partial charge in [0.1, 0.15) is 23.4 Å². The maximum atomic E-state index is 6.06. The number of aryl methyl sites for hydroxylation is 1. The first-order chi connectivity index (χ1) is 11.2. The minimum Gasteiger partial charge on any atom is -0.424 e. The first-order valence-electron chi connectivity index (χ1n) is 7.31. The molecule has 8 heteroatoms. The molecule has 4 rings (SSSR count). The number of nitrogens with zero attached hydrogens (tertiary/aromatic N) is 5. The molecule has 0 aliphatic heterocycles. The topological polar surface area (TPSA) is 122 Å². The maximum Gasteiger partial charge on any atom is 0.292 e. The predicted molar refractivity (Wildman–Crippen MR) is 87.4 cm³/mol. The maximum absolute atomic E-state index is 6.06. The molecule has 0 spiro atoms. The molecule has 0 atom stereocenters. The lowest BCUT2D eigenvalue weighted by Gasteiger charge is -1.99. The SMILES string of the molecule is CCCn1nc(-c2ccc3oc(N)nc3c2)c2c(N)ncnc21. The van der Waals surface area contributed by atoms with E-state index in [4.69, 9.17) is 15.9 Å². The van der Waals surface area contributed by atoms with Crippen molar-refractivity contribution in [3.63, 3.8) is 0 Å². The Morgan fingerprint density at radius 2 is 2.09 bits per heavy atom. The highest BCUT2D eigenvalue weighted by atomic mass is 16.4. The molecule has 0 radical (unpaired) electrons. The fraction of sp³-hybridized carbons (Fsp3) is 0.200. The number of hydrogen-bond acceptors (Lipinski definition) is 7. The van der Waals surface area contributed by atoms with Crippen LogP contribution in [0.4, 0.5) is 11.8 Å². The number of nitrogen functional groups attached to an aromatic ring is 2. The minimum atomic E-state index is 0.140. The van der Waals surface area contributed by atoms with Crippen molar-refractivity contribution in [3.05, 3.63) is 24.5 Å². The quantitative estimate of drug-likeness (QED) is 0.595. The zero-order valence-corrected chi connectivity index (χ0v) is 12.5. The fourth-order valence-corrected chi connectivity index (χ4v) is 2.69. The summed E-state index contributed by atoms with van der Waals surface area (Å²) in [4.78, 5) is 12.6. The number of fused-ring (bicyclic) bond motifs is 2. The smallest absolute Gasteiger partial charge is 0.292 e. The van der Waals surface area contributed by atoms with Crippen molar-refractivity contribution in [2.75, 3.05) is 11.5 Å². The van der Waals surface area contributed by atoms with Crippen LogP contribution in [0, 0.1) is 0 Å². The second-order valence-electron chi connectivity index (χ2n) is 5.26. The van der Waals surface area contributed by atoms with Crippen LogP contribution in [0.15, 0.2) is 28.9 Å². The van der Waals surface area contributed by atoms with Crippen molar-refractivity contribution in [1.29, 1.82) is 0 Å². The van der Waals surface area contributed by atoms with Crippen LogP contribution in [0.25, 0.3) is 33.4 Å². The van der Waals surface area contributed by atoms with Crippen molar-refractivity contribution < 1.29 is 4.42 Å².